The van der Waals surface area contributed by atoms with Gasteiger partial charge in [-0.25, -0.2) is 12.7 Å². The molecule has 0 N–H and O–H groups in total. The normalized spacial score (nSPS) is 12.2. The van der Waals surface area contributed by atoms with Gasteiger partial charge in [-0.15, -0.1) is 0 Å². The van der Waals surface area contributed by atoms with Gasteiger partial charge in [-0.3, -0.25) is 14.4 Å². The Labute approximate surface area is 160 Å². The fourth-order valence-electron chi connectivity index (χ4n) is 2.47. The molecule has 1 aromatic rings. The van der Waals surface area contributed by atoms with Crippen molar-refractivity contribution in [1.29, 1.82) is 0 Å². The number of hydrogen-bond donors (Lipinski definition) is 0. The van der Waals surface area contributed by atoms with Crippen molar-refractivity contribution < 1.29 is 27.5 Å². The van der Waals surface area contributed by atoms with Gasteiger partial charge in [-0.05, 0) is 37.1 Å². The van der Waals surface area contributed by atoms with Gasteiger partial charge in [0.05, 0.1) is 18.6 Å². The van der Waals surface area contributed by atoms with Crippen LogP contribution in [-0.4, -0.2) is 46.1 Å². The molecule has 0 bridgehead atoms. The van der Waals surface area contributed by atoms with Gasteiger partial charge in [0, 0.05) is 32.5 Å². The Hall–Kier alpha value is -2.42. The van der Waals surface area contributed by atoms with E-state index in [9.17, 15) is 22.8 Å². The van der Waals surface area contributed by atoms with Crippen molar-refractivity contribution in [1.82, 2.24) is 0 Å². The van der Waals surface area contributed by atoms with Crippen LogP contribution in [0.2, 0.25) is 0 Å². The van der Waals surface area contributed by atoms with Crippen LogP contribution in [-0.2, 0) is 29.1 Å². The van der Waals surface area contributed by atoms with Gasteiger partial charge in [0.1, 0.15) is 0 Å². The molecule has 9 heteroatoms. The number of esters is 1. The zero-order valence-corrected chi connectivity index (χ0v) is 17.1. The van der Waals surface area contributed by atoms with Gasteiger partial charge in [0.2, 0.25) is 21.8 Å². The summed E-state index contributed by atoms with van der Waals surface area (Å²) >= 11 is 0. The SMILES string of the molecule is CCOC(=O)CC(C)CC(=O)N(c1ccc(N(C)C(C)=O)cc1)S(C)(=O)=O. The summed E-state index contributed by atoms with van der Waals surface area (Å²) in [5.41, 5.74) is 0.745. The number of nitrogens with zero attached hydrogens (tertiary/aromatic N) is 2. The molecule has 0 heterocycles. The third-order valence-corrected chi connectivity index (χ3v) is 4.92. The van der Waals surface area contributed by atoms with Crippen molar-refractivity contribution >= 4 is 39.2 Å². The average molecular weight is 398 g/mol. The number of hydrogen-bond acceptors (Lipinski definition) is 6. The lowest BCUT2D eigenvalue weighted by Gasteiger charge is -2.23. The van der Waals surface area contributed by atoms with E-state index in [-0.39, 0.29) is 37.0 Å². The number of rotatable bonds is 8. The Morgan fingerprint density at radius 2 is 1.59 bits per heavy atom. The predicted octanol–water partition coefficient (Wildman–Crippen LogP) is 1.94. The highest BCUT2D eigenvalue weighted by molar-refractivity contribution is 7.92. The molecule has 2 amide bonds. The summed E-state index contributed by atoms with van der Waals surface area (Å²) in [7, 11) is -2.27. The van der Waals surface area contributed by atoms with Crippen LogP contribution in [0.15, 0.2) is 24.3 Å². The molecule has 1 atom stereocenters. The van der Waals surface area contributed by atoms with Gasteiger partial charge in [-0.2, -0.15) is 0 Å². The highest BCUT2D eigenvalue weighted by atomic mass is 32.2. The molecule has 0 fully saturated rings. The van der Waals surface area contributed by atoms with Crippen LogP contribution in [0, 0.1) is 5.92 Å². The number of carbonyl (C=O) groups is 3. The minimum absolute atomic E-state index is 0.0273. The lowest BCUT2D eigenvalue weighted by Crippen LogP contribution is -2.37. The molecule has 0 spiro atoms. The van der Waals surface area contributed by atoms with Crippen LogP contribution in [0.4, 0.5) is 11.4 Å². The van der Waals surface area contributed by atoms with E-state index in [0.29, 0.717) is 9.99 Å². The molecule has 0 aromatic heterocycles. The van der Waals surface area contributed by atoms with E-state index in [4.69, 9.17) is 4.74 Å². The van der Waals surface area contributed by atoms with Crippen molar-refractivity contribution in [3.63, 3.8) is 0 Å². The first-order valence-corrected chi connectivity index (χ1v) is 10.3. The molecule has 1 unspecified atom stereocenters. The maximum absolute atomic E-state index is 12.6. The number of anilines is 2. The maximum Gasteiger partial charge on any atom is 0.306 e. The lowest BCUT2D eigenvalue weighted by atomic mass is 10.0. The summed E-state index contributed by atoms with van der Waals surface area (Å²) in [5.74, 6) is -1.61. The Morgan fingerprint density at radius 1 is 1.07 bits per heavy atom. The zero-order valence-electron chi connectivity index (χ0n) is 16.3. The number of ether oxygens (including phenoxy) is 1. The molecule has 0 aliphatic carbocycles. The summed E-state index contributed by atoms with van der Waals surface area (Å²) in [5, 5.41) is 0. The number of benzene rings is 1. The second-order valence-corrected chi connectivity index (χ2v) is 8.17. The number of carbonyl (C=O) groups excluding carboxylic acids is 3. The highest BCUT2D eigenvalue weighted by Crippen LogP contribution is 2.24. The van der Waals surface area contributed by atoms with Gasteiger partial charge < -0.3 is 9.64 Å². The van der Waals surface area contributed by atoms with Crippen molar-refractivity contribution in [2.24, 2.45) is 5.92 Å². The number of amides is 2. The summed E-state index contributed by atoms with van der Waals surface area (Å²) in [4.78, 5) is 36.9. The second kappa shape index (κ2) is 9.50. The van der Waals surface area contributed by atoms with Gasteiger partial charge in [0.15, 0.2) is 0 Å². The average Bonchev–Trinajstić information content (AvgIpc) is 2.53. The van der Waals surface area contributed by atoms with Crippen LogP contribution in [0.1, 0.15) is 33.6 Å². The molecule has 0 radical (unpaired) electrons. The monoisotopic (exact) mass is 398 g/mol. The minimum Gasteiger partial charge on any atom is -0.466 e. The molecular weight excluding hydrogens is 372 g/mol. The van der Waals surface area contributed by atoms with Crippen molar-refractivity contribution in [3.8, 4) is 0 Å². The Morgan fingerprint density at radius 3 is 2.04 bits per heavy atom. The Balaban J connectivity index is 3.01. The van der Waals surface area contributed by atoms with Gasteiger partial charge >= 0.3 is 5.97 Å². The largest absolute Gasteiger partial charge is 0.466 e. The van der Waals surface area contributed by atoms with E-state index in [1.54, 1.807) is 33.0 Å². The molecule has 0 saturated heterocycles. The van der Waals surface area contributed by atoms with Crippen LogP contribution in [0.5, 0.6) is 0 Å². The lowest BCUT2D eigenvalue weighted by molar-refractivity contribution is -0.144. The molecule has 0 aliphatic rings. The highest BCUT2D eigenvalue weighted by Gasteiger charge is 2.27. The molecule has 27 heavy (non-hydrogen) atoms. The van der Waals surface area contributed by atoms with E-state index >= 15 is 0 Å². The molecule has 0 aliphatic heterocycles. The molecular formula is C18H26N2O6S. The van der Waals surface area contributed by atoms with Gasteiger partial charge in [-0.1, -0.05) is 6.92 Å². The molecule has 150 valence electrons. The fraction of sp³-hybridized carbons (Fsp3) is 0.500. The van der Waals surface area contributed by atoms with E-state index < -0.39 is 21.9 Å². The second-order valence-electron chi connectivity index (χ2n) is 6.33. The van der Waals surface area contributed by atoms with E-state index in [1.807, 2.05) is 0 Å². The number of sulfonamides is 1. The van der Waals surface area contributed by atoms with Crippen molar-refractivity contribution in [2.45, 2.75) is 33.6 Å². The Kier molecular flexibility index (Phi) is 7.96. The van der Waals surface area contributed by atoms with Crippen LogP contribution in [0.25, 0.3) is 0 Å². The molecule has 1 aromatic carbocycles. The van der Waals surface area contributed by atoms with E-state index in [0.717, 1.165) is 6.26 Å². The van der Waals surface area contributed by atoms with Crippen LogP contribution < -0.4 is 9.21 Å². The van der Waals surface area contributed by atoms with Crippen LogP contribution >= 0.6 is 0 Å². The maximum atomic E-state index is 12.6. The summed E-state index contributed by atoms with van der Waals surface area (Å²) in [6.07, 6.45) is 0.844. The van der Waals surface area contributed by atoms with E-state index in [1.165, 1.54) is 24.0 Å². The molecule has 0 saturated carbocycles. The summed E-state index contributed by atoms with van der Waals surface area (Å²) < 4.78 is 29.9. The quantitative estimate of drug-likeness (QED) is 0.620. The predicted molar refractivity (Wildman–Crippen MR) is 103 cm³/mol. The van der Waals surface area contributed by atoms with Crippen LogP contribution in [0.3, 0.4) is 0 Å². The third-order valence-electron chi connectivity index (χ3n) is 3.85. The first kappa shape index (κ1) is 22.6. The zero-order chi connectivity index (χ0) is 20.8. The fourth-order valence-corrected chi connectivity index (χ4v) is 3.42. The van der Waals surface area contributed by atoms with E-state index in [2.05, 4.69) is 0 Å². The third kappa shape index (κ3) is 6.67. The minimum atomic E-state index is -3.86. The topological polar surface area (TPSA) is 101 Å². The Bertz CT molecular complexity index is 789. The molecule has 8 nitrogen and oxygen atoms in total. The smallest absolute Gasteiger partial charge is 0.306 e. The first-order chi connectivity index (χ1) is 12.5. The van der Waals surface area contributed by atoms with Crippen molar-refractivity contribution in [3.05, 3.63) is 24.3 Å². The first-order valence-electron chi connectivity index (χ1n) is 8.50. The van der Waals surface area contributed by atoms with Crippen molar-refractivity contribution in [2.75, 3.05) is 29.1 Å². The summed E-state index contributed by atoms with van der Waals surface area (Å²) in [6, 6.07) is 6.04. The standard InChI is InChI=1S/C18H26N2O6S/c1-6-26-18(23)12-13(2)11-17(22)20(27(5,24)25)16-9-7-15(8-10-16)19(4)14(3)21/h7-10,13H,6,11-12H2,1-5H3. The van der Waals surface area contributed by atoms with Gasteiger partial charge in [0.25, 0.3) is 0 Å². The summed E-state index contributed by atoms with van der Waals surface area (Å²) in [6.45, 7) is 5.02. The molecule has 1 rings (SSSR count).